The summed E-state index contributed by atoms with van der Waals surface area (Å²) in [5, 5.41) is 15.9. The molecule has 214 valence electrons. The van der Waals surface area contributed by atoms with Crippen molar-refractivity contribution in [3.63, 3.8) is 0 Å². The molecule has 6 rings (SSSR count). The van der Waals surface area contributed by atoms with Crippen LogP contribution in [0.3, 0.4) is 0 Å². The summed E-state index contributed by atoms with van der Waals surface area (Å²) in [6, 6.07) is 9.32. The third-order valence-electron chi connectivity index (χ3n) is 7.33. The van der Waals surface area contributed by atoms with Crippen LogP contribution < -0.4 is 5.32 Å². The minimum Gasteiger partial charge on any atom is -0.358 e. The summed E-state index contributed by atoms with van der Waals surface area (Å²) < 4.78 is 1.59. The molecule has 2 aliphatic heterocycles. The Balaban J connectivity index is 1.21. The molecule has 0 saturated carbocycles. The molecule has 0 radical (unpaired) electrons. The van der Waals surface area contributed by atoms with Crippen LogP contribution in [0.1, 0.15) is 62.9 Å². The smallest absolute Gasteiger partial charge is 0.143 e. The van der Waals surface area contributed by atoms with Gasteiger partial charge in [-0.3, -0.25) is 4.98 Å². The Bertz CT molecular complexity index is 1690. The van der Waals surface area contributed by atoms with Crippen molar-refractivity contribution in [2.24, 2.45) is 4.99 Å². The van der Waals surface area contributed by atoms with Crippen LogP contribution in [0.25, 0.3) is 22.8 Å². The lowest BCUT2D eigenvalue weighted by Crippen LogP contribution is -2.29. The Labute approximate surface area is 253 Å². The number of unbranched alkanes of at least 4 members (excludes halogenated alkanes) is 2. The highest BCUT2D eigenvalue weighted by Gasteiger charge is 2.37. The first-order valence-corrected chi connectivity index (χ1v) is 14.6. The third kappa shape index (κ3) is 5.60. The number of fused-ring (bicyclic) bond motifs is 1. The summed E-state index contributed by atoms with van der Waals surface area (Å²) in [4.78, 5) is 19.9. The number of halogens is 2. The number of benzene rings is 1. The van der Waals surface area contributed by atoms with Crippen LogP contribution >= 0.6 is 23.2 Å². The Hall–Kier alpha value is -4.28. The average molecular weight is 602 g/mol. The molecule has 1 unspecified atom stereocenters. The quantitative estimate of drug-likeness (QED) is 0.183. The second kappa shape index (κ2) is 11.9. The molecule has 0 bridgehead atoms. The van der Waals surface area contributed by atoms with Gasteiger partial charge < -0.3 is 15.2 Å². The molecular formula is C30H30Cl2N10. The zero-order valence-corrected chi connectivity index (χ0v) is 24.7. The van der Waals surface area contributed by atoms with E-state index in [1.165, 1.54) is 12.8 Å². The molecule has 12 heteroatoms. The van der Waals surface area contributed by atoms with E-state index < -0.39 is 0 Å². The zero-order valence-electron chi connectivity index (χ0n) is 23.2. The van der Waals surface area contributed by atoms with Crippen LogP contribution in [0.15, 0.2) is 78.5 Å². The monoisotopic (exact) mass is 600 g/mol. The van der Waals surface area contributed by atoms with E-state index in [9.17, 15) is 0 Å². The number of imidazole rings is 1. The van der Waals surface area contributed by atoms with Crippen LogP contribution in [-0.2, 0) is 0 Å². The fourth-order valence-electron chi connectivity index (χ4n) is 5.31. The molecule has 4 aromatic rings. The number of anilines is 1. The van der Waals surface area contributed by atoms with Gasteiger partial charge in [0.1, 0.15) is 28.8 Å². The fourth-order valence-corrected chi connectivity index (χ4v) is 5.72. The number of hydrogen-bond acceptors (Lipinski definition) is 8. The molecule has 5 heterocycles. The van der Waals surface area contributed by atoms with Gasteiger partial charge in [-0.1, -0.05) is 56.1 Å². The number of nitrogens with zero attached hydrogens (tertiary/aromatic N) is 8. The normalized spacial score (nSPS) is 16.3. The first kappa shape index (κ1) is 27.9. The number of aliphatic imine (C=N–C) groups is 1. The largest absolute Gasteiger partial charge is 0.358 e. The van der Waals surface area contributed by atoms with Gasteiger partial charge in [0.25, 0.3) is 0 Å². The van der Waals surface area contributed by atoms with Crippen LogP contribution in [0.4, 0.5) is 5.69 Å². The predicted octanol–water partition coefficient (Wildman–Crippen LogP) is 7.36. The number of amidine groups is 1. The van der Waals surface area contributed by atoms with E-state index in [0.717, 1.165) is 71.4 Å². The standard InChI is InChI=1S/C30H30Cl2N10/c1-4-5-6-7-18(2)35-21-9-10-23(33-16-21)28-29(32)38-30(37-28)26-12-13-27-36-24(14-19(3)42(26)27)22-15-20(31)8-11-25(22)41-17-34-39-40-41/h8-11,14-17,26,35H,2-7,12-13H2,1H3,(H,37,38). The molecule has 42 heavy (non-hydrogen) atoms. The van der Waals surface area contributed by atoms with Crippen LogP contribution in [-0.4, -0.2) is 45.9 Å². The number of tetrazole rings is 1. The average Bonchev–Trinajstić information content (AvgIpc) is 3.74. The number of allylic oxidation sites excluding steroid dienone is 2. The SMILES string of the molecule is C=C(CCCCC)Nc1ccc(-c2nc(C3CCC4=NC(c5cc(Cl)ccc5-n5cnnn5)=CC(=C)N43)[nH]c2Cl)nc1. The van der Waals surface area contributed by atoms with Gasteiger partial charge in [-0.2, -0.15) is 4.68 Å². The molecule has 2 aliphatic rings. The van der Waals surface area contributed by atoms with Crippen LogP contribution in [0.5, 0.6) is 0 Å². The molecule has 1 atom stereocenters. The van der Waals surface area contributed by atoms with Gasteiger partial charge >= 0.3 is 0 Å². The van der Waals surface area contributed by atoms with Gasteiger partial charge in [0.15, 0.2) is 0 Å². The minimum atomic E-state index is -0.0916. The van der Waals surface area contributed by atoms with E-state index in [2.05, 4.69) is 55.8 Å². The number of aromatic nitrogens is 7. The first-order chi connectivity index (χ1) is 20.4. The van der Waals surface area contributed by atoms with Crippen molar-refractivity contribution >= 4 is 40.4 Å². The van der Waals surface area contributed by atoms with Crippen LogP contribution in [0.2, 0.25) is 10.2 Å². The predicted molar refractivity (Wildman–Crippen MR) is 166 cm³/mol. The number of pyridine rings is 1. The van der Waals surface area contributed by atoms with Crippen LogP contribution in [0, 0.1) is 0 Å². The van der Waals surface area contributed by atoms with Crippen molar-refractivity contribution in [2.75, 3.05) is 5.32 Å². The van der Waals surface area contributed by atoms with Crippen molar-refractivity contribution < 1.29 is 0 Å². The molecule has 10 nitrogen and oxygen atoms in total. The van der Waals surface area contributed by atoms with Crippen molar-refractivity contribution in [3.05, 3.63) is 95.0 Å². The second-order valence-electron chi connectivity index (χ2n) is 10.3. The molecule has 1 aromatic carbocycles. The number of aromatic amines is 1. The Kier molecular flexibility index (Phi) is 7.90. The fraction of sp³-hybridized carbons (Fsp3) is 0.267. The van der Waals surface area contributed by atoms with E-state index in [1.807, 2.05) is 30.3 Å². The lowest BCUT2D eigenvalue weighted by atomic mass is 10.1. The van der Waals surface area contributed by atoms with E-state index in [1.54, 1.807) is 23.3 Å². The maximum atomic E-state index is 6.65. The Morgan fingerprint density at radius 3 is 2.83 bits per heavy atom. The Morgan fingerprint density at radius 2 is 2.07 bits per heavy atom. The van der Waals surface area contributed by atoms with E-state index in [4.69, 9.17) is 33.2 Å². The summed E-state index contributed by atoms with van der Waals surface area (Å²) in [7, 11) is 0. The van der Waals surface area contributed by atoms with Crippen molar-refractivity contribution in [3.8, 4) is 17.1 Å². The topological polar surface area (TPSA) is 113 Å². The van der Waals surface area contributed by atoms with Crippen molar-refractivity contribution in [2.45, 2.75) is 51.5 Å². The lowest BCUT2D eigenvalue weighted by molar-refractivity contribution is 0.408. The molecule has 1 fully saturated rings. The molecule has 0 spiro atoms. The number of hydrogen-bond donors (Lipinski definition) is 2. The second-order valence-corrected chi connectivity index (χ2v) is 11.1. The molecular weight excluding hydrogens is 571 g/mol. The third-order valence-corrected chi connectivity index (χ3v) is 7.84. The minimum absolute atomic E-state index is 0.0916. The van der Waals surface area contributed by atoms with Crippen molar-refractivity contribution in [1.29, 1.82) is 0 Å². The summed E-state index contributed by atoms with van der Waals surface area (Å²) in [5.74, 6) is 1.63. The van der Waals surface area contributed by atoms with Gasteiger partial charge in [0.2, 0.25) is 0 Å². The summed E-state index contributed by atoms with van der Waals surface area (Å²) in [6.07, 6.45) is 11.2. The molecule has 2 N–H and O–H groups in total. The lowest BCUT2D eigenvalue weighted by Gasteiger charge is -2.29. The number of rotatable bonds is 10. The summed E-state index contributed by atoms with van der Waals surface area (Å²) >= 11 is 13.0. The van der Waals surface area contributed by atoms with E-state index in [-0.39, 0.29) is 6.04 Å². The van der Waals surface area contributed by atoms with Crippen molar-refractivity contribution in [1.82, 2.24) is 40.1 Å². The maximum Gasteiger partial charge on any atom is 0.143 e. The number of H-pyrrole nitrogens is 1. The van der Waals surface area contributed by atoms with Gasteiger partial charge in [0, 0.05) is 28.4 Å². The summed E-state index contributed by atoms with van der Waals surface area (Å²) in [6.45, 7) is 10.7. The van der Waals surface area contributed by atoms with Gasteiger partial charge in [-0.15, -0.1) is 5.10 Å². The highest BCUT2D eigenvalue weighted by Crippen LogP contribution is 2.42. The van der Waals surface area contributed by atoms with E-state index in [0.29, 0.717) is 21.6 Å². The zero-order chi connectivity index (χ0) is 29.2. The Morgan fingerprint density at radius 1 is 1.19 bits per heavy atom. The molecule has 3 aromatic heterocycles. The summed E-state index contributed by atoms with van der Waals surface area (Å²) in [5.41, 5.74) is 6.28. The molecule has 0 amide bonds. The van der Waals surface area contributed by atoms with Gasteiger partial charge in [-0.25, -0.2) is 9.98 Å². The molecule has 1 saturated heterocycles. The highest BCUT2D eigenvalue weighted by atomic mass is 35.5. The highest BCUT2D eigenvalue weighted by molar-refractivity contribution is 6.32. The van der Waals surface area contributed by atoms with Gasteiger partial charge in [0.05, 0.1) is 35.0 Å². The first-order valence-electron chi connectivity index (χ1n) is 13.9. The molecule has 0 aliphatic carbocycles. The number of nitrogens with one attached hydrogen (secondary N) is 2. The van der Waals surface area contributed by atoms with E-state index >= 15 is 0 Å². The van der Waals surface area contributed by atoms with Gasteiger partial charge in [-0.05, 0) is 66.1 Å². The maximum absolute atomic E-state index is 6.65.